The fraction of sp³-hybridized carbons (Fsp3) is 0.0714. The van der Waals surface area contributed by atoms with Crippen molar-refractivity contribution in [1.82, 2.24) is 4.98 Å². The van der Waals surface area contributed by atoms with Crippen LogP contribution < -0.4 is 5.32 Å². The van der Waals surface area contributed by atoms with Crippen LogP contribution in [0.25, 0.3) is 0 Å². The maximum absolute atomic E-state index is 12.0. The largest absolute Gasteiger partial charge is 0.481 e. The van der Waals surface area contributed by atoms with E-state index in [1.165, 1.54) is 18.3 Å². The lowest BCUT2D eigenvalue weighted by atomic mass is 10.2. The van der Waals surface area contributed by atoms with Crippen LogP contribution in [0, 0.1) is 0 Å². The average Bonchev–Trinajstić information content (AvgIpc) is 2.43. The Labute approximate surface area is 130 Å². The standard InChI is InChI=1S/C14H10Cl2N2O3/c15-11-4-1-8(5-12(11)16)14(21)18-10-3-2-9(17-7-10)6-13(19)20/h1-5,7H,6H2,(H,18,21)(H,19,20). The minimum atomic E-state index is -0.963. The van der Waals surface area contributed by atoms with Crippen LogP contribution in [-0.2, 0) is 11.2 Å². The molecule has 1 heterocycles. The predicted molar refractivity (Wildman–Crippen MR) is 80.0 cm³/mol. The van der Waals surface area contributed by atoms with Gasteiger partial charge in [-0.2, -0.15) is 0 Å². The first kappa shape index (κ1) is 15.3. The van der Waals surface area contributed by atoms with Crippen molar-refractivity contribution in [2.45, 2.75) is 6.42 Å². The Kier molecular flexibility index (Phi) is 4.77. The van der Waals surface area contributed by atoms with Gasteiger partial charge in [-0.1, -0.05) is 23.2 Å². The van der Waals surface area contributed by atoms with E-state index in [0.717, 1.165) is 0 Å². The van der Waals surface area contributed by atoms with E-state index in [1.807, 2.05) is 0 Å². The van der Waals surface area contributed by atoms with Gasteiger partial charge in [-0.3, -0.25) is 14.6 Å². The monoisotopic (exact) mass is 324 g/mol. The smallest absolute Gasteiger partial charge is 0.309 e. The van der Waals surface area contributed by atoms with E-state index in [9.17, 15) is 9.59 Å². The van der Waals surface area contributed by atoms with Crippen molar-refractivity contribution < 1.29 is 14.7 Å². The molecule has 1 amide bonds. The average molecular weight is 325 g/mol. The first-order chi connectivity index (χ1) is 9.95. The third kappa shape index (κ3) is 4.18. The van der Waals surface area contributed by atoms with Crippen molar-refractivity contribution in [2.24, 2.45) is 0 Å². The third-order valence-corrected chi connectivity index (χ3v) is 3.34. The number of hydrogen-bond acceptors (Lipinski definition) is 3. The number of carbonyl (C=O) groups excluding carboxylic acids is 1. The number of carboxylic acids is 1. The second-order valence-electron chi connectivity index (χ2n) is 4.19. The summed E-state index contributed by atoms with van der Waals surface area (Å²) in [5.74, 6) is -1.32. The molecule has 0 aliphatic heterocycles. The molecule has 0 atom stereocenters. The Balaban J connectivity index is 2.08. The number of halogens is 2. The summed E-state index contributed by atoms with van der Waals surface area (Å²) in [6, 6.07) is 7.67. The number of benzene rings is 1. The maximum Gasteiger partial charge on any atom is 0.309 e. The second kappa shape index (κ2) is 6.56. The Morgan fingerprint density at radius 1 is 1.14 bits per heavy atom. The molecule has 2 N–H and O–H groups in total. The third-order valence-electron chi connectivity index (χ3n) is 2.60. The summed E-state index contributed by atoms with van der Waals surface area (Å²) >= 11 is 11.6. The lowest BCUT2D eigenvalue weighted by molar-refractivity contribution is -0.136. The maximum atomic E-state index is 12.0. The van der Waals surface area contributed by atoms with Crippen molar-refractivity contribution in [3.05, 3.63) is 57.8 Å². The molecule has 1 aromatic heterocycles. The van der Waals surface area contributed by atoms with Crippen LogP contribution in [0.5, 0.6) is 0 Å². The van der Waals surface area contributed by atoms with Gasteiger partial charge in [-0.05, 0) is 30.3 Å². The lowest BCUT2D eigenvalue weighted by Gasteiger charge is -2.06. The molecule has 0 radical (unpaired) electrons. The lowest BCUT2D eigenvalue weighted by Crippen LogP contribution is -2.12. The number of pyridine rings is 1. The summed E-state index contributed by atoms with van der Waals surface area (Å²) in [5.41, 5.74) is 1.23. The highest BCUT2D eigenvalue weighted by Crippen LogP contribution is 2.23. The van der Waals surface area contributed by atoms with Gasteiger partial charge in [0, 0.05) is 5.56 Å². The SMILES string of the molecule is O=C(O)Cc1ccc(NC(=O)c2ccc(Cl)c(Cl)c2)cn1. The fourth-order valence-electron chi connectivity index (χ4n) is 1.60. The Hall–Kier alpha value is -2.11. The van der Waals surface area contributed by atoms with E-state index in [-0.39, 0.29) is 12.3 Å². The van der Waals surface area contributed by atoms with Gasteiger partial charge >= 0.3 is 5.97 Å². The first-order valence-electron chi connectivity index (χ1n) is 5.89. The van der Waals surface area contributed by atoms with Gasteiger partial charge in [0.15, 0.2) is 0 Å². The highest BCUT2D eigenvalue weighted by molar-refractivity contribution is 6.42. The Morgan fingerprint density at radius 3 is 2.48 bits per heavy atom. The van der Waals surface area contributed by atoms with E-state index in [0.29, 0.717) is 27.0 Å². The van der Waals surface area contributed by atoms with Gasteiger partial charge in [-0.25, -0.2) is 0 Å². The summed E-state index contributed by atoms with van der Waals surface area (Å²) < 4.78 is 0. The van der Waals surface area contributed by atoms with Crippen molar-refractivity contribution in [2.75, 3.05) is 5.32 Å². The fourth-order valence-corrected chi connectivity index (χ4v) is 1.90. The molecule has 0 saturated heterocycles. The number of aliphatic carboxylic acids is 1. The molecule has 0 spiro atoms. The van der Waals surface area contributed by atoms with Crippen LogP contribution in [0.1, 0.15) is 16.1 Å². The first-order valence-corrected chi connectivity index (χ1v) is 6.64. The molecule has 0 aliphatic rings. The van der Waals surface area contributed by atoms with Gasteiger partial charge in [0.05, 0.1) is 34.0 Å². The van der Waals surface area contributed by atoms with Gasteiger partial charge in [0.25, 0.3) is 5.91 Å². The number of amides is 1. The number of carbonyl (C=O) groups is 2. The Morgan fingerprint density at radius 2 is 1.90 bits per heavy atom. The molecule has 0 bridgehead atoms. The van der Waals surface area contributed by atoms with Gasteiger partial charge < -0.3 is 10.4 Å². The van der Waals surface area contributed by atoms with Crippen molar-refractivity contribution >= 4 is 40.8 Å². The highest BCUT2D eigenvalue weighted by Gasteiger charge is 2.09. The van der Waals surface area contributed by atoms with E-state index < -0.39 is 5.97 Å². The van der Waals surface area contributed by atoms with Crippen molar-refractivity contribution in [1.29, 1.82) is 0 Å². The minimum absolute atomic E-state index is 0.166. The summed E-state index contributed by atoms with van der Waals surface area (Å²) in [5, 5.41) is 11.9. The zero-order valence-corrected chi connectivity index (χ0v) is 12.1. The minimum Gasteiger partial charge on any atom is -0.481 e. The summed E-state index contributed by atoms with van der Waals surface area (Å²) in [7, 11) is 0. The van der Waals surface area contributed by atoms with E-state index in [2.05, 4.69) is 10.3 Å². The molecule has 21 heavy (non-hydrogen) atoms. The topological polar surface area (TPSA) is 79.3 Å². The van der Waals surface area contributed by atoms with Crippen LogP contribution in [0.4, 0.5) is 5.69 Å². The summed E-state index contributed by atoms with van der Waals surface area (Å²) in [4.78, 5) is 26.5. The molecule has 0 aliphatic carbocycles. The van der Waals surface area contributed by atoms with Crippen LogP contribution in [0.3, 0.4) is 0 Å². The summed E-state index contributed by atoms with van der Waals surface area (Å²) in [6.07, 6.45) is 1.23. The quantitative estimate of drug-likeness (QED) is 0.904. The molecule has 5 nitrogen and oxygen atoms in total. The number of carboxylic acid groups (broad SMARTS) is 1. The van der Waals surface area contributed by atoms with Crippen LogP contribution in [0.2, 0.25) is 10.0 Å². The van der Waals surface area contributed by atoms with E-state index in [4.69, 9.17) is 28.3 Å². The molecule has 7 heteroatoms. The van der Waals surface area contributed by atoms with Crippen LogP contribution in [-0.4, -0.2) is 22.0 Å². The van der Waals surface area contributed by atoms with E-state index >= 15 is 0 Å². The number of aromatic nitrogens is 1. The number of anilines is 1. The molecular formula is C14H10Cl2N2O3. The molecule has 0 saturated carbocycles. The van der Waals surface area contributed by atoms with Gasteiger partial charge in [-0.15, -0.1) is 0 Å². The number of nitrogens with one attached hydrogen (secondary N) is 1. The zero-order chi connectivity index (χ0) is 15.4. The second-order valence-corrected chi connectivity index (χ2v) is 5.01. The van der Waals surface area contributed by atoms with Crippen molar-refractivity contribution in [3.8, 4) is 0 Å². The molecule has 2 aromatic rings. The molecule has 108 valence electrons. The number of nitrogens with zero attached hydrogens (tertiary/aromatic N) is 1. The molecule has 0 unspecified atom stereocenters. The zero-order valence-electron chi connectivity index (χ0n) is 10.6. The summed E-state index contributed by atoms with van der Waals surface area (Å²) in [6.45, 7) is 0. The highest BCUT2D eigenvalue weighted by atomic mass is 35.5. The van der Waals surface area contributed by atoms with Crippen molar-refractivity contribution in [3.63, 3.8) is 0 Å². The van der Waals surface area contributed by atoms with Crippen LogP contribution in [0.15, 0.2) is 36.5 Å². The van der Waals surface area contributed by atoms with Gasteiger partial charge in [0.1, 0.15) is 0 Å². The van der Waals surface area contributed by atoms with Gasteiger partial charge in [0.2, 0.25) is 0 Å². The predicted octanol–water partition coefficient (Wildman–Crippen LogP) is 3.27. The normalized spacial score (nSPS) is 10.2. The number of hydrogen-bond donors (Lipinski definition) is 2. The molecular weight excluding hydrogens is 315 g/mol. The molecule has 1 aromatic carbocycles. The van der Waals surface area contributed by atoms with Crippen LogP contribution >= 0.6 is 23.2 Å². The Bertz CT molecular complexity index is 687. The molecule has 2 rings (SSSR count). The molecule has 0 fully saturated rings. The van der Waals surface area contributed by atoms with E-state index in [1.54, 1.807) is 18.2 Å². The number of rotatable bonds is 4.